The van der Waals surface area contributed by atoms with Crippen molar-refractivity contribution in [1.29, 1.82) is 0 Å². The molecule has 21 heavy (non-hydrogen) atoms. The van der Waals surface area contributed by atoms with Crippen molar-refractivity contribution in [3.63, 3.8) is 0 Å². The van der Waals surface area contributed by atoms with Crippen LogP contribution >= 0.6 is 0 Å². The lowest BCUT2D eigenvalue weighted by atomic mass is 9.94. The Bertz CT molecular complexity index is 648. The fourth-order valence-electron chi connectivity index (χ4n) is 2.22. The third-order valence-electron chi connectivity index (χ3n) is 3.31. The molecular weight excluding hydrogens is 262 g/mol. The normalized spacial score (nSPS) is 10.8. The van der Waals surface area contributed by atoms with Crippen LogP contribution in [-0.4, -0.2) is 25.1 Å². The Morgan fingerprint density at radius 2 is 1.81 bits per heavy atom. The van der Waals surface area contributed by atoms with E-state index in [4.69, 9.17) is 4.84 Å². The molecule has 0 aromatic heterocycles. The minimum absolute atomic E-state index is 0.164. The van der Waals surface area contributed by atoms with Gasteiger partial charge < -0.3 is 0 Å². The Labute approximate surface area is 125 Å². The maximum Gasteiger partial charge on any atom is 0.277 e. The SMILES string of the molecule is C/C=C/c1c(C(=O)N(C)OC)cccc1-c1ccccc1. The lowest BCUT2D eigenvalue weighted by Crippen LogP contribution is -2.26. The molecule has 2 aromatic rings. The predicted octanol–water partition coefficient (Wildman–Crippen LogP) is 4.02. The minimum atomic E-state index is -0.164. The number of nitrogens with zero attached hydrogens (tertiary/aromatic N) is 1. The molecule has 3 heteroatoms. The fourth-order valence-corrected chi connectivity index (χ4v) is 2.22. The van der Waals surface area contributed by atoms with Crippen LogP contribution in [0.1, 0.15) is 22.8 Å². The van der Waals surface area contributed by atoms with Gasteiger partial charge in [-0.3, -0.25) is 9.63 Å². The van der Waals surface area contributed by atoms with Crippen molar-refractivity contribution >= 4 is 12.0 Å². The molecule has 0 aliphatic carbocycles. The highest BCUT2D eigenvalue weighted by Gasteiger charge is 2.17. The van der Waals surface area contributed by atoms with Gasteiger partial charge in [0.25, 0.3) is 5.91 Å². The van der Waals surface area contributed by atoms with Crippen molar-refractivity contribution in [2.45, 2.75) is 6.92 Å². The summed E-state index contributed by atoms with van der Waals surface area (Å²) in [5.74, 6) is -0.164. The van der Waals surface area contributed by atoms with Crippen LogP contribution in [0.15, 0.2) is 54.6 Å². The third kappa shape index (κ3) is 3.20. The molecule has 0 bridgehead atoms. The predicted molar refractivity (Wildman–Crippen MR) is 85.7 cm³/mol. The van der Waals surface area contributed by atoms with Crippen LogP contribution < -0.4 is 0 Å². The van der Waals surface area contributed by atoms with E-state index in [1.54, 1.807) is 7.05 Å². The topological polar surface area (TPSA) is 29.5 Å². The lowest BCUT2D eigenvalue weighted by molar-refractivity contribution is -0.0757. The maximum absolute atomic E-state index is 12.4. The van der Waals surface area contributed by atoms with Crippen molar-refractivity contribution in [2.24, 2.45) is 0 Å². The highest BCUT2D eigenvalue weighted by molar-refractivity contribution is 5.99. The van der Waals surface area contributed by atoms with E-state index >= 15 is 0 Å². The summed E-state index contributed by atoms with van der Waals surface area (Å²) in [6, 6.07) is 15.8. The highest BCUT2D eigenvalue weighted by Crippen LogP contribution is 2.28. The summed E-state index contributed by atoms with van der Waals surface area (Å²) >= 11 is 0. The van der Waals surface area contributed by atoms with E-state index in [0.717, 1.165) is 16.7 Å². The van der Waals surface area contributed by atoms with Crippen molar-refractivity contribution in [3.8, 4) is 11.1 Å². The van der Waals surface area contributed by atoms with Gasteiger partial charge in [0, 0.05) is 12.6 Å². The smallest absolute Gasteiger partial charge is 0.274 e. The molecular formula is C18H19NO2. The zero-order valence-electron chi connectivity index (χ0n) is 12.5. The number of benzene rings is 2. The molecule has 3 nitrogen and oxygen atoms in total. The van der Waals surface area contributed by atoms with Gasteiger partial charge in [-0.2, -0.15) is 0 Å². The highest BCUT2D eigenvalue weighted by atomic mass is 16.7. The van der Waals surface area contributed by atoms with Gasteiger partial charge in [-0.05, 0) is 29.7 Å². The van der Waals surface area contributed by atoms with Gasteiger partial charge in [0.05, 0.1) is 7.11 Å². The second-order valence-electron chi connectivity index (χ2n) is 4.62. The van der Waals surface area contributed by atoms with Crippen LogP contribution in [0.5, 0.6) is 0 Å². The first kappa shape index (κ1) is 15.0. The van der Waals surface area contributed by atoms with Crippen molar-refractivity contribution in [2.75, 3.05) is 14.2 Å². The molecule has 0 saturated heterocycles. The Hall–Kier alpha value is -2.39. The summed E-state index contributed by atoms with van der Waals surface area (Å²) in [6.45, 7) is 1.94. The average Bonchev–Trinajstić information content (AvgIpc) is 2.54. The Balaban J connectivity index is 2.60. The zero-order chi connectivity index (χ0) is 15.2. The molecule has 0 heterocycles. The molecule has 0 aliphatic heterocycles. The van der Waals surface area contributed by atoms with Crippen molar-refractivity contribution < 1.29 is 9.63 Å². The van der Waals surface area contributed by atoms with Gasteiger partial charge >= 0.3 is 0 Å². The van der Waals surface area contributed by atoms with E-state index in [0.29, 0.717) is 5.56 Å². The number of rotatable bonds is 4. The number of allylic oxidation sites excluding steroid dienone is 1. The molecule has 0 saturated carbocycles. The Morgan fingerprint density at radius 3 is 2.43 bits per heavy atom. The molecule has 2 aromatic carbocycles. The van der Waals surface area contributed by atoms with Crippen LogP contribution in [0, 0.1) is 0 Å². The first-order valence-electron chi connectivity index (χ1n) is 6.82. The van der Waals surface area contributed by atoms with E-state index in [2.05, 4.69) is 0 Å². The van der Waals surface area contributed by atoms with Gasteiger partial charge in [-0.1, -0.05) is 54.6 Å². The molecule has 2 rings (SSSR count). The van der Waals surface area contributed by atoms with Gasteiger partial charge in [-0.15, -0.1) is 0 Å². The second-order valence-corrected chi connectivity index (χ2v) is 4.62. The monoisotopic (exact) mass is 281 g/mol. The number of carbonyl (C=O) groups is 1. The first-order valence-corrected chi connectivity index (χ1v) is 6.82. The molecule has 0 atom stereocenters. The van der Waals surface area contributed by atoms with E-state index in [9.17, 15) is 4.79 Å². The Morgan fingerprint density at radius 1 is 1.10 bits per heavy atom. The summed E-state index contributed by atoms with van der Waals surface area (Å²) in [7, 11) is 3.09. The van der Waals surface area contributed by atoms with Gasteiger partial charge in [0.15, 0.2) is 0 Å². The van der Waals surface area contributed by atoms with Gasteiger partial charge in [-0.25, -0.2) is 5.06 Å². The first-order chi connectivity index (χ1) is 10.2. The molecule has 0 radical (unpaired) electrons. The molecule has 0 fully saturated rings. The van der Waals surface area contributed by atoms with Crippen LogP contribution in [-0.2, 0) is 4.84 Å². The van der Waals surface area contributed by atoms with E-state index in [-0.39, 0.29) is 5.91 Å². The van der Waals surface area contributed by atoms with Crippen LogP contribution in [0.2, 0.25) is 0 Å². The van der Waals surface area contributed by atoms with Gasteiger partial charge in [0.2, 0.25) is 0 Å². The number of amides is 1. The number of carbonyl (C=O) groups excluding carboxylic acids is 1. The molecule has 0 aliphatic rings. The largest absolute Gasteiger partial charge is 0.277 e. The molecule has 0 spiro atoms. The summed E-state index contributed by atoms with van der Waals surface area (Å²) < 4.78 is 0. The number of hydrogen-bond acceptors (Lipinski definition) is 2. The summed E-state index contributed by atoms with van der Waals surface area (Å²) in [5, 5.41) is 1.23. The van der Waals surface area contributed by atoms with E-state index in [1.807, 2.05) is 67.6 Å². The van der Waals surface area contributed by atoms with E-state index < -0.39 is 0 Å². The second kappa shape index (κ2) is 6.86. The van der Waals surface area contributed by atoms with Crippen LogP contribution in [0.3, 0.4) is 0 Å². The van der Waals surface area contributed by atoms with Crippen LogP contribution in [0.25, 0.3) is 17.2 Å². The van der Waals surface area contributed by atoms with Crippen LogP contribution in [0.4, 0.5) is 0 Å². The number of hydrogen-bond donors (Lipinski definition) is 0. The lowest BCUT2D eigenvalue weighted by Gasteiger charge is -2.17. The molecule has 0 N–H and O–H groups in total. The molecule has 0 unspecified atom stereocenters. The minimum Gasteiger partial charge on any atom is -0.274 e. The summed E-state index contributed by atoms with van der Waals surface area (Å²) in [4.78, 5) is 17.4. The van der Waals surface area contributed by atoms with E-state index in [1.165, 1.54) is 12.2 Å². The summed E-state index contributed by atoms with van der Waals surface area (Å²) in [5.41, 5.74) is 3.64. The third-order valence-corrected chi connectivity index (χ3v) is 3.31. The fraction of sp³-hybridized carbons (Fsp3) is 0.167. The van der Waals surface area contributed by atoms with Crippen molar-refractivity contribution in [3.05, 3.63) is 65.7 Å². The average molecular weight is 281 g/mol. The summed E-state index contributed by atoms with van der Waals surface area (Å²) in [6.07, 6.45) is 3.89. The zero-order valence-corrected chi connectivity index (χ0v) is 12.5. The quantitative estimate of drug-likeness (QED) is 0.792. The maximum atomic E-state index is 12.4. The Kier molecular flexibility index (Phi) is 4.90. The number of hydroxylamine groups is 2. The van der Waals surface area contributed by atoms with Crippen molar-refractivity contribution in [1.82, 2.24) is 5.06 Å². The molecule has 108 valence electrons. The van der Waals surface area contributed by atoms with Gasteiger partial charge in [0.1, 0.15) is 0 Å². The standard InChI is InChI=1S/C18H19NO2/c1-4-9-16-15(14-10-6-5-7-11-14)12-8-13-17(16)18(20)19(2)21-3/h4-13H,1-3H3/b9-4+. The molecule has 1 amide bonds.